The number of ether oxygens (including phenoxy) is 1. The maximum atomic E-state index is 5.65. The third-order valence-electron chi connectivity index (χ3n) is 4.54. The molecule has 1 saturated carbocycles. The summed E-state index contributed by atoms with van der Waals surface area (Å²) < 4.78 is 5.65. The van der Waals surface area contributed by atoms with E-state index in [-0.39, 0.29) is 5.60 Å². The second-order valence-electron chi connectivity index (χ2n) is 5.74. The molecule has 1 heterocycles. The maximum Gasteiger partial charge on any atom is 0.0802 e. The fourth-order valence-corrected chi connectivity index (χ4v) is 3.03. The van der Waals surface area contributed by atoms with E-state index in [0.717, 1.165) is 12.6 Å². The number of nitrogens with zero attached hydrogens (tertiary/aromatic N) is 1. The van der Waals surface area contributed by atoms with Crippen molar-refractivity contribution in [2.45, 2.75) is 57.1 Å². The summed E-state index contributed by atoms with van der Waals surface area (Å²) in [5.41, 5.74) is 0.181. The Balaban J connectivity index is 1.64. The lowest BCUT2D eigenvalue weighted by Crippen LogP contribution is -2.52. The smallest absolute Gasteiger partial charge is 0.0802 e. The highest BCUT2D eigenvalue weighted by atomic mass is 16.5. The number of nitrogens with one attached hydrogen (secondary N) is 1. The van der Waals surface area contributed by atoms with Gasteiger partial charge in [-0.15, -0.1) is 0 Å². The van der Waals surface area contributed by atoms with Crippen LogP contribution in [-0.4, -0.2) is 49.8 Å². The first-order chi connectivity index (χ1) is 8.28. The molecular weight excluding hydrogens is 212 g/mol. The lowest BCUT2D eigenvalue weighted by atomic mass is 9.79. The van der Waals surface area contributed by atoms with E-state index in [1.807, 2.05) is 7.11 Å². The standard InChI is InChI=1S/C14H28N2O/c1-3-9-16-10-5-13(6-11-16)15-12-14(17-2)7-4-8-14/h13,15H,3-12H2,1-2H3. The molecule has 17 heavy (non-hydrogen) atoms. The maximum absolute atomic E-state index is 5.65. The summed E-state index contributed by atoms with van der Waals surface area (Å²) in [6, 6.07) is 0.718. The molecule has 0 amide bonds. The van der Waals surface area contributed by atoms with Gasteiger partial charge < -0.3 is 15.0 Å². The minimum Gasteiger partial charge on any atom is -0.377 e. The van der Waals surface area contributed by atoms with Crippen molar-refractivity contribution >= 4 is 0 Å². The Morgan fingerprint density at radius 2 is 2.00 bits per heavy atom. The lowest BCUT2D eigenvalue weighted by molar-refractivity contribution is -0.0717. The second kappa shape index (κ2) is 6.17. The van der Waals surface area contributed by atoms with E-state index in [1.54, 1.807) is 0 Å². The van der Waals surface area contributed by atoms with Crippen LogP contribution in [0, 0.1) is 0 Å². The predicted molar refractivity (Wildman–Crippen MR) is 71.3 cm³/mol. The molecule has 0 bridgehead atoms. The van der Waals surface area contributed by atoms with Crippen LogP contribution in [0.3, 0.4) is 0 Å². The zero-order valence-corrected chi connectivity index (χ0v) is 11.5. The molecule has 2 aliphatic rings. The van der Waals surface area contributed by atoms with Crippen LogP contribution in [0.25, 0.3) is 0 Å². The second-order valence-corrected chi connectivity index (χ2v) is 5.74. The van der Waals surface area contributed by atoms with Crippen molar-refractivity contribution in [1.29, 1.82) is 0 Å². The topological polar surface area (TPSA) is 24.5 Å². The van der Waals surface area contributed by atoms with E-state index < -0.39 is 0 Å². The highest BCUT2D eigenvalue weighted by Gasteiger charge is 2.37. The normalized spacial score (nSPS) is 25.8. The van der Waals surface area contributed by atoms with Crippen LogP contribution in [-0.2, 0) is 4.74 Å². The molecule has 1 N–H and O–H groups in total. The molecule has 100 valence electrons. The van der Waals surface area contributed by atoms with Gasteiger partial charge in [-0.3, -0.25) is 0 Å². The molecule has 0 aromatic heterocycles. The molecule has 3 heteroatoms. The van der Waals surface area contributed by atoms with Crippen molar-refractivity contribution in [3.63, 3.8) is 0 Å². The number of likely N-dealkylation sites (tertiary alicyclic amines) is 1. The molecule has 1 aliphatic heterocycles. The van der Waals surface area contributed by atoms with Gasteiger partial charge in [0.05, 0.1) is 5.60 Å². The molecule has 1 saturated heterocycles. The highest BCUT2D eigenvalue weighted by molar-refractivity contribution is 4.92. The van der Waals surface area contributed by atoms with Crippen LogP contribution < -0.4 is 5.32 Å². The predicted octanol–water partition coefficient (Wildman–Crippen LogP) is 2.02. The Kier molecular flexibility index (Phi) is 4.83. The zero-order chi connectivity index (χ0) is 12.1. The first-order valence-electron chi connectivity index (χ1n) is 7.29. The number of piperidine rings is 1. The van der Waals surface area contributed by atoms with Crippen molar-refractivity contribution in [1.82, 2.24) is 10.2 Å². The Labute approximate surface area is 106 Å². The summed E-state index contributed by atoms with van der Waals surface area (Å²) in [5.74, 6) is 0. The first-order valence-corrected chi connectivity index (χ1v) is 7.29. The van der Waals surface area contributed by atoms with E-state index in [1.165, 1.54) is 58.2 Å². The minimum atomic E-state index is 0.181. The fraction of sp³-hybridized carbons (Fsp3) is 1.00. The van der Waals surface area contributed by atoms with Crippen LogP contribution in [0.5, 0.6) is 0 Å². The summed E-state index contributed by atoms with van der Waals surface area (Å²) in [5, 5.41) is 3.73. The first kappa shape index (κ1) is 13.3. The van der Waals surface area contributed by atoms with Gasteiger partial charge in [-0.2, -0.15) is 0 Å². The van der Waals surface area contributed by atoms with Gasteiger partial charge in [0.25, 0.3) is 0 Å². The van der Waals surface area contributed by atoms with Gasteiger partial charge in [-0.05, 0) is 58.2 Å². The molecule has 0 radical (unpaired) electrons. The van der Waals surface area contributed by atoms with Gasteiger partial charge in [0.1, 0.15) is 0 Å². The molecule has 0 atom stereocenters. The van der Waals surface area contributed by atoms with Gasteiger partial charge in [0.2, 0.25) is 0 Å². The van der Waals surface area contributed by atoms with E-state index in [4.69, 9.17) is 4.74 Å². The summed E-state index contributed by atoms with van der Waals surface area (Å²) in [6.45, 7) is 7.14. The molecule has 0 unspecified atom stereocenters. The van der Waals surface area contributed by atoms with Crippen LogP contribution in [0.4, 0.5) is 0 Å². The summed E-state index contributed by atoms with van der Waals surface area (Å²) in [6.07, 6.45) is 7.71. The van der Waals surface area contributed by atoms with Gasteiger partial charge in [0.15, 0.2) is 0 Å². The average Bonchev–Trinajstić information content (AvgIpc) is 2.31. The summed E-state index contributed by atoms with van der Waals surface area (Å²) >= 11 is 0. The number of rotatable bonds is 6. The molecule has 1 aliphatic carbocycles. The average molecular weight is 240 g/mol. The monoisotopic (exact) mass is 240 g/mol. The number of methoxy groups -OCH3 is 1. The quantitative estimate of drug-likeness (QED) is 0.769. The molecule has 0 aromatic rings. The van der Waals surface area contributed by atoms with Gasteiger partial charge >= 0.3 is 0 Å². The van der Waals surface area contributed by atoms with E-state index in [2.05, 4.69) is 17.1 Å². The fourth-order valence-electron chi connectivity index (χ4n) is 3.03. The Bertz CT molecular complexity index is 215. The molecule has 0 spiro atoms. The van der Waals surface area contributed by atoms with E-state index in [0.29, 0.717) is 0 Å². The van der Waals surface area contributed by atoms with Crippen LogP contribution in [0.2, 0.25) is 0 Å². The lowest BCUT2D eigenvalue weighted by Gasteiger charge is -2.42. The Hall–Kier alpha value is -0.120. The number of hydrogen-bond acceptors (Lipinski definition) is 3. The van der Waals surface area contributed by atoms with Crippen molar-refractivity contribution in [3.8, 4) is 0 Å². The van der Waals surface area contributed by atoms with Crippen molar-refractivity contribution in [2.75, 3.05) is 33.3 Å². The summed E-state index contributed by atoms with van der Waals surface area (Å²) in [4.78, 5) is 2.59. The molecular formula is C14H28N2O. The van der Waals surface area contributed by atoms with E-state index in [9.17, 15) is 0 Å². The third kappa shape index (κ3) is 3.43. The largest absolute Gasteiger partial charge is 0.377 e. The van der Waals surface area contributed by atoms with Gasteiger partial charge in [-0.25, -0.2) is 0 Å². The highest BCUT2D eigenvalue weighted by Crippen LogP contribution is 2.34. The minimum absolute atomic E-state index is 0.181. The zero-order valence-electron chi connectivity index (χ0n) is 11.5. The van der Waals surface area contributed by atoms with Crippen molar-refractivity contribution < 1.29 is 4.74 Å². The van der Waals surface area contributed by atoms with Gasteiger partial charge in [0, 0.05) is 19.7 Å². The molecule has 2 rings (SSSR count). The van der Waals surface area contributed by atoms with Crippen LogP contribution in [0.1, 0.15) is 45.4 Å². The van der Waals surface area contributed by atoms with E-state index >= 15 is 0 Å². The Morgan fingerprint density at radius 3 is 2.47 bits per heavy atom. The summed E-state index contributed by atoms with van der Waals surface area (Å²) in [7, 11) is 1.87. The number of hydrogen-bond donors (Lipinski definition) is 1. The van der Waals surface area contributed by atoms with Crippen molar-refractivity contribution in [3.05, 3.63) is 0 Å². The third-order valence-corrected chi connectivity index (χ3v) is 4.54. The van der Waals surface area contributed by atoms with Crippen LogP contribution >= 0.6 is 0 Å². The van der Waals surface area contributed by atoms with Crippen molar-refractivity contribution in [2.24, 2.45) is 0 Å². The Morgan fingerprint density at radius 1 is 1.29 bits per heavy atom. The SMILES string of the molecule is CCCN1CCC(NCC2(OC)CCC2)CC1. The van der Waals surface area contributed by atoms with Crippen LogP contribution in [0.15, 0.2) is 0 Å². The molecule has 2 fully saturated rings. The van der Waals surface area contributed by atoms with Gasteiger partial charge in [-0.1, -0.05) is 6.92 Å². The molecule has 3 nitrogen and oxygen atoms in total. The molecule has 0 aromatic carbocycles.